The molecular weight excluding hydrogens is 787 g/mol. The fourth-order valence-electron chi connectivity index (χ4n) is 9.81. The first-order valence-electron chi connectivity index (χ1n) is 27.9. The van der Waals surface area contributed by atoms with Gasteiger partial charge in [-0.1, -0.05) is 195 Å². The monoisotopic (exact) mass is 892 g/mol. The highest BCUT2D eigenvalue weighted by Crippen LogP contribution is 2.36. The summed E-state index contributed by atoms with van der Waals surface area (Å²) in [7, 11) is 0. The maximum Gasteiger partial charge on any atom is 0.305 e. The van der Waals surface area contributed by atoms with Gasteiger partial charge in [0, 0.05) is 45.3 Å². The highest BCUT2D eigenvalue weighted by molar-refractivity contribution is 5.69. The number of rotatable bonds is 45. The zero-order valence-corrected chi connectivity index (χ0v) is 42.4. The summed E-state index contributed by atoms with van der Waals surface area (Å²) in [4.78, 5) is 27.4. The van der Waals surface area contributed by atoms with Crippen LogP contribution in [0.2, 0.25) is 0 Å². The van der Waals surface area contributed by atoms with Crippen LogP contribution in [0.4, 0.5) is 0 Å². The van der Waals surface area contributed by atoms with Crippen molar-refractivity contribution in [2.45, 2.75) is 277 Å². The van der Waals surface area contributed by atoms with Crippen LogP contribution in [0.15, 0.2) is 0 Å². The van der Waals surface area contributed by atoms with Crippen molar-refractivity contribution in [3.63, 3.8) is 0 Å². The van der Waals surface area contributed by atoms with Crippen LogP contribution in [-0.4, -0.2) is 81.4 Å². The van der Waals surface area contributed by atoms with Gasteiger partial charge in [-0.05, 0) is 56.8 Å². The van der Waals surface area contributed by atoms with Crippen molar-refractivity contribution in [3.05, 3.63) is 0 Å². The summed E-state index contributed by atoms with van der Waals surface area (Å²) >= 11 is 0. The first-order valence-corrected chi connectivity index (χ1v) is 27.9. The van der Waals surface area contributed by atoms with E-state index in [9.17, 15) is 9.59 Å². The largest absolute Gasteiger partial charge is 0.466 e. The lowest BCUT2D eigenvalue weighted by Crippen LogP contribution is -2.38. The topological polar surface area (TPSA) is 83.5 Å². The van der Waals surface area contributed by atoms with Gasteiger partial charge in [0.25, 0.3) is 0 Å². The lowest BCUT2D eigenvalue weighted by molar-refractivity contribution is -0.180. The SMILES string of the molecule is CCCCCC(CCCCC)CCOC(=O)CCCCCCCCCC1(CCCCCCCCCC(=O)OCCC(CCCCC)CCCCC)OCC(CCN2CCOCC2)O1. The minimum Gasteiger partial charge on any atom is -0.466 e. The number of morpholine rings is 1. The van der Waals surface area contributed by atoms with Gasteiger partial charge < -0.3 is 23.7 Å². The van der Waals surface area contributed by atoms with Gasteiger partial charge in [0.05, 0.1) is 39.1 Å². The Kier molecular flexibility index (Phi) is 37.7. The highest BCUT2D eigenvalue weighted by atomic mass is 16.7. The minimum absolute atomic E-state index is 0.000336. The number of esters is 2. The molecule has 2 aliphatic rings. The number of carbonyl (C=O) groups excluding carboxylic acids is 2. The summed E-state index contributed by atoms with van der Waals surface area (Å²) in [5.41, 5.74) is 0. The zero-order chi connectivity index (χ0) is 45.3. The molecule has 2 rings (SSSR count). The Morgan fingerprint density at radius 3 is 1.33 bits per heavy atom. The normalized spacial score (nSPS) is 16.7. The van der Waals surface area contributed by atoms with E-state index >= 15 is 0 Å². The van der Waals surface area contributed by atoms with E-state index in [0.29, 0.717) is 44.5 Å². The van der Waals surface area contributed by atoms with E-state index in [1.165, 1.54) is 154 Å². The molecule has 372 valence electrons. The second kappa shape index (κ2) is 41.0. The van der Waals surface area contributed by atoms with E-state index in [4.69, 9.17) is 23.7 Å². The van der Waals surface area contributed by atoms with Gasteiger partial charge in [-0.25, -0.2) is 0 Å². The summed E-state index contributed by atoms with van der Waals surface area (Å²) in [5.74, 6) is 1.000. The highest BCUT2D eigenvalue weighted by Gasteiger charge is 2.40. The smallest absolute Gasteiger partial charge is 0.305 e. The second-order valence-corrected chi connectivity index (χ2v) is 19.9. The van der Waals surface area contributed by atoms with Crippen molar-refractivity contribution in [2.24, 2.45) is 11.8 Å². The molecule has 0 aromatic carbocycles. The standard InChI is InChI=1S/C55H105NO7/c1-5-9-23-31-50(32-24-10-6-2)38-45-60-53(57)35-27-19-15-13-17-21-29-40-55(62-49-52(63-55)37-42-56-43-47-59-48-44-56)41-30-22-18-14-16-20-28-36-54(58)61-46-39-51(33-25-11-7-3)34-26-12-8-4/h50-52H,5-49H2,1-4H3. The number of nitrogens with zero attached hydrogens (tertiary/aromatic N) is 1. The third kappa shape index (κ3) is 32.2. The molecule has 0 bridgehead atoms. The molecule has 0 amide bonds. The molecule has 0 spiro atoms. The van der Waals surface area contributed by atoms with Crippen LogP contribution in [0.3, 0.4) is 0 Å². The van der Waals surface area contributed by atoms with Crippen molar-refractivity contribution < 1.29 is 33.3 Å². The molecule has 63 heavy (non-hydrogen) atoms. The van der Waals surface area contributed by atoms with Gasteiger partial charge >= 0.3 is 11.9 Å². The van der Waals surface area contributed by atoms with E-state index < -0.39 is 5.79 Å². The maximum atomic E-state index is 12.4. The molecule has 2 saturated heterocycles. The molecule has 0 radical (unpaired) electrons. The van der Waals surface area contributed by atoms with E-state index in [0.717, 1.165) is 103 Å². The Balaban J connectivity index is 1.59. The maximum absolute atomic E-state index is 12.4. The van der Waals surface area contributed by atoms with Crippen LogP contribution >= 0.6 is 0 Å². The predicted octanol–water partition coefficient (Wildman–Crippen LogP) is 15.3. The van der Waals surface area contributed by atoms with Gasteiger partial charge in [-0.15, -0.1) is 0 Å². The summed E-state index contributed by atoms with van der Waals surface area (Å²) in [6.07, 6.45) is 43.2. The summed E-state index contributed by atoms with van der Waals surface area (Å²) in [6.45, 7) is 15.8. The summed E-state index contributed by atoms with van der Waals surface area (Å²) in [6, 6.07) is 0. The van der Waals surface area contributed by atoms with Crippen LogP contribution in [-0.2, 0) is 33.3 Å². The molecular formula is C55H105NO7. The number of unbranched alkanes of at least 4 members (excludes halogenated alkanes) is 20. The molecule has 0 N–H and O–H groups in total. The molecule has 0 aromatic heterocycles. The number of carbonyl (C=O) groups is 2. The van der Waals surface area contributed by atoms with Gasteiger partial charge in [0.15, 0.2) is 5.79 Å². The van der Waals surface area contributed by atoms with Crippen molar-refractivity contribution in [3.8, 4) is 0 Å². The van der Waals surface area contributed by atoms with Crippen LogP contribution < -0.4 is 0 Å². The summed E-state index contributed by atoms with van der Waals surface area (Å²) in [5, 5.41) is 0. The molecule has 8 nitrogen and oxygen atoms in total. The zero-order valence-electron chi connectivity index (χ0n) is 42.4. The molecule has 1 unspecified atom stereocenters. The van der Waals surface area contributed by atoms with Crippen LogP contribution in [0, 0.1) is 11.8 Å². The van der Waals surface area contributed by atoms with Gasteiger partial charge in [0.1, 0.15) is 0 Å². The van der Waals surface area contributed by atoms with Crippen LogP contribution in [0.25, 0.3) is 0 Å². The Morgan fingerprint density at radius 1 is 0.524 bits per heavy atom. The molecule has 2 heterocycles. The van der Waals surface area contributed by atoms with Gasteiger partial charge in [-0.3, -0.25) is 14.5 Å². The Labute approximate surface area is 390 Å². The van der Waals surface area contributed by atoms with E-state index in [1.54, 1.807) is 0 Å². The van der Waals surface area contributed by atoms with Crippen molar-refractivity contribution >= 4 is 11.9 Å². The van der Waals surface area contributed by atoms with Crippen LogP contribution in [0.1, 0.15) is 265 Å². The number of ether oxygens (including phenoxy) is 5. The van der Waals surface area contributed by atoms with E-state index in [-0.39, 0.29) is 18.0 Å². The van der Waals surface area contributed by atoms with Crippen LogP contribution in [0.5, 0.6) is 0 Å². The molecule has 2 aliphatic heterocycles. The van der Waals surface area contributed by atoms with Crippen molar-refractivity contribution in [1.29, 1.82) is 0 Å². The fourth-order valence-corrected chi connectivity index (χ4v) is 9.81. The lowest BCUT2D eigenvalue weighted by Gasteiger charge is -2.30. The molecule has 0 aromatic rings. The van der Waals surface area contributed by atoms with Gasteiger partial charge in [0.2, 0.25) is 0 Å². The number of hydrogen-bond donors (Lipinski definition) is 0. The third-order valence-electron chi connectivity index (χ3n) is 14.1. The number of hydrogen-bond acceptors (Lipinski definition) is 8. The molecule has 1 atom stereocenters. The average molecular weight is 892 g/mol. The average Bonchev–Trinajstić information content (AvgIpc) is 3.70. The summed E-state index contributed by atoms with van der Waals surface area (Å²) < 4.78 is 30.3. The first-order chi connectivity index (χ1) is 30.9. The lowest BCUT2D eigenvalue weighted by atomic mass is 9.92. The second-order valence-electron chi connectivity index (χ2n) is 19.9. The molecule has 0 saturated carbocycles. The first kappa shape index (κ1) is 57.9. The molecule has 8 heteroatoms. The third-order valence-corrected chi connectivity index (χ3v) is 14.1. The van der Waals surface area contributed by atoms with Gasteiger partial charge in [-0.2, -0.15) is 0 Å². The van der Waals surface area contributed by atoms with Crippen molar-refractivity contribution in [1.82, 2.24) is 4.90 Å². The Hall–Kier alpha value is -1.22. The molecule has 2 fully saturated rings. The van der Waals surface area contributed by atoms with E-state index in [1.807, 2.05) is 0 Å². The predicted molar refractivity (Wildman–Crippen MR) is 263 cm³/mol. The molecule has 0 aliphatic carbocycles. The van der Waals surface area contributed by atoms with E-state index in [2.05, 4.69) is 32.6 Å². The minimum atomic E-state index is -0.424. The van der Waals surface area contributed by atoms with Crippen molar-refractivity contribution in [2.75, 3.05) is 52.7 Å². The Morgan fingerprint density at radius 2 is 0.921 bits per heavy atom. The fraction of sp³-hybridized carbons (Fsp3) is 0.964. The Bertz CT molecular complexity index is 954. The quantitative estimate of drug-likeness (QED) is 0.0442.